The topological polar surface area (TPSA) is 63.5 Å². The lowest BCUT2D eigenvalue weighted by Crippen LogP contribution is -2.18. The molecular weight excluding hydrogens is 316 g/mol. The molecule has 130 valence electrons. The van der Waals surface area contributed by atoms with Crippen molar-refractivity contribution in [2.45, 2.75) is 13.0 Å². The number of para-hydroxylation sites is 1. The van der Waals surface area contributed by atoms with Gasteiger partial charge in [0.25, 0.3) is 5.91 Å². The largest absolute Gasteiger partial charge is 0.396 e. The van der Waals surface area contributed by atoms with Gasteiger partial charge in [-0.15, -0.1) is 0 Å². The van der Waals surface area contributed by atoms with Crippen molar-refractivity contribution < 1.29 is 14.6 Å². The molecule has 0 radical (unpaired) electrons. The van der Waals surface area contributed by atoms with Crippen LogP contribution >= 0.6 is 0 Å². The van der Waals surface area contributed by atoms with Crippen LogP contribution in [0.5, 0.6) is 0 Å². The van der Waals surface area contributed by atoms with Gasteiger partial charge in [0.2, 0.25) is 0 Å². The third-order valence-electron chi connectivity index (χ3n) is 4.17. The number of anilines is 1. The molecule has 2 aromatic carbocycles. The van der Waals surface area contributed by atoms with Crippen molar-refractivity contribution in [3.8, 4) is 0 Å². The number of amides is 1. The number of nitrogens with zero attached hydrogens (tertiary/aromatic N) is 1. The van der Waals surface area contributed by atoms with Crippen molar-refractivity contribution in [1.82, 2.24) is 4.57 Å². The Morgan fingerprint density at radius 1 is 1.16 bits per heavy atom. The SMILES string of the molecule is COCCn1c(C(=O)Nc2ccc(CCO)cc2)cc2ccccc21. The third kappa shape index (κ3) is 3.90. The number of ether oxygens (including phenoxy) is 1. The number of nitrogens with one attached hydrogen (secondary N) is 1. The summed E-state index contributed by atoms with van der Waals surface area (Å²) in [4.78, 5) is 12.8. The van der Waals surface area contributed by atoms with E-state index in [1.807, 2.05) is 59.2 Å². The first-order valence-corrected chi connectivity index (χ1v) is 8.31. The molecule has 1 amide bonds. The average molecular weight is 338 g/mol. The highest BCUT2D eigenvalue weighted by Crippen LogP contribution is 2.21. The number of rotatable bonds is 7. The van der Waals surface area contributed by atoms with E-state index in [0.29, 0.717) is 25.3 Å². The molecule has 1 aromatic heterocycles. The van der Waals surface area contributed by atoms with Gasteiger partial charge in [-0.05, 0) is 36.2 Å². The molecule has 5 nitrogen and oxygen atoms in total. The van der Waals surface area contributed by atoms with Gasteiger partial charge in [0, 0.05) is 36.9 Å². The van der Waals surface area contributed by atoms with Crippen molar-refractivity contribution in [2.75, 3.05) is 25.6 Å². The number of carbonyl (C=O) groups is 1. The summed E-state index contributed by atoms with van der Waals surface area (Å²) in [5.41, 5.74) is 3.39. The van der Waals surface area contributed by atoms with Crippen LogP contribution in [0.25, 0.3) is 10.9 Å². The number of fused-ring (bicyclic) bond motifs is 1. The lowest BCUT2D eigenvalue weighted by Gasteiger charge is -2.11. The molecule has 2 N–H and O–H groups in total. The van der Waals surface area contributed by atoms with E-state index in [9.17, 15) is 4.79 Å². The standard InChI is InChI=1S/C20H22N2O3/c1-25-13-11-22-18-5-3-2-4-16(18)14-19(22)20(24)21-17-8-6-15(7-9-17)10-12-23/h2-9,14,23H,10-13H2,1H3,(H,21,24). The molecule has 0 atom stereocenters. The Morgan fingerprint density at radius 2 is 1.92 bits per heavy atom. The van der Waals surface area contributed by atoms with Crippen LogP contribution < -0.4 is 5.32 Å². The predicted molar refractivity (Wildman–Crippen MR) is 99.0 cm³/mol. The summed E-state index contributed by atoms with van der Waals surface area (Å²) in [6.45, 7) is 1.27. The third-order valence-corrected chi connectivity index (χ3v) is 4.17. The van der Waals surface area contributed by atoms with Crippen LogP contribution in [-0.4, -0.2) is 35.9 Å². The second-order valence-electron chi connectivity index (χ2n) is 5.86. The second-order valence-corrected chi connectivity index (χ2v) is 5.86. The molecule has 3 rings (SSSR count). The maximum Gasteiger partial charge on any atom is 0.272 e. The van der Waals surface area contributed by atoms with Crippen LogP contribution in [0.15, 0.2) is 54.6 Å². The molecule has 25 heavy (non-hydrogen) atoms. The van der Waals surface area contributed by atoms with Gasteiger partial charge in [-0.1, -0.05) is 30.3 Å². The van der Waals surface area contributed by atoms with Crippen LogP contribution in [-0.2, 0) is 17.7 Å². The van der Waals surface area contributed by atoms with Gasteiger partial charge in [0.15, 0.2) is 0 Å². The van der Waals surface area contributed by atoms with Crippen LogP contribution in [0.3, 0.4) is 0 Å². The van der Waals surface area contributed by atoms with Crippen molar-refractivity contribution in [1.29, 1.82) is 0 Å². The number of aliphatic hydroxyl groups is 1. The van der Waals surface area contributed by atoms with E-state index >= 15 is 0 Å². The molecule has 0 aliphatic heterocycles. The Bertz CT molecular complexity index is 853. The summed E-state index contributed by atoms with van der Waals surface area (Å²) in [5, 5.41) is 12.9. The van der Waals surface area contributed by atoms with Gasteiger partial charge in [0.05, 0.1) is 6.61 Å². The normalized spacial score (nSPS) is 11.0. The number of aromatic nitrogens is 1. The monoisotopic (exact) mass is 338 g/mol. The molecule has 0 aliphatic rings. The van der Waals surface area contributed by atoms with Crippen molar-refractivity contribution in [3.63, 3.8) is 0 Å². The number of hydrogen-bond acceptors (Lipinski definition) is 3. The minimum absolute atomic E-state index is 0.116. The summed E-state index contributed by atoms with van der Waals surface area (Å²) >= 11 is 0. The zero-order valence-corrected chi connectivity index (χ0v) is 14.2. The molecule has 0 spiro atoms. The molecule has 5 heteroatoms. The van der Waals surface area contributed by atoms with Gasteiger partial charge in [0.1, 0.15) is 5.69 Å². The zero-order valence-electron chi connectivity index (χ0n) is 14.2. The number of benzene rings is 2. The molecule has 0 bridgehead atoms. The van der Waals surface area contributed by atoms with Gasteiger partial charge in [-0.25, -0.2) is 0 Å². The predicted octanol–water partition coefficient (Wildman–Crippen LogP) is 3.07. The molecule has 0 fully saturated rings. The highest BCUT2D eigenvalue weighted by molar-refractivity contribution is 6.06. The van der Waals surface area contributed by atoms with Crippen molar-refractivity contribution in [2.24, 2.45) is 0 Å². The summed E-state index contributed by atoms with van der Waals surface area (Å²) in [6, 6.07) is 17.4. The zero-order chi connectivity index (χ0) is 17.6. The minimum Gasteiger partial charge on any atom is -0.396 e. The first kappa shape index (κ1) is 17.2. The number of carbonyl (C=O) groups excluding carboxylic acids is 1. The second kappa shape index (κ2) is 7.96. The van der Waals surface area contributed by atoms with Crippen molar-refractivity contribution in [3.05, 3.63) is 65.9 Å². The number of methoxy groups -OCH3 is 1. The van der Waals surface area contributed by atoms with Gasteiger partial charge < -0.3 is 19.7 Å². The fourth-order valence-electron chi connectivity index (χ4n) is 2.90. The fraction of sp³-hybridized carbons (Fsp3) is 0.250. The maximum atomic E-state index is 12.8. The van der Waals surface area contributed by atoms with Gasteiger partial charge in [-0.3, -0.25) is 4.79 Å². The van der Waals surface area contributed by atoms with E-state index in [1.54, 1.807) is 7.11 Å². The lowest BCUT2D eigenvalue weighted by atomic mass is 10.1. The quantitative estimate of drug-likeness (QED) is 0.696. The van der Waals surface area contributed by atoms with E-state index in [-0.39, 0.29) is 12.5 Å². The van der Waals surface area contributed by atoms with Crippen molar-refractivity contribution >= 4 is 22.5 Å². The van der Waals surface area contributed by atoms with Crippen LogP contribution in [0.1, 0.15) is 16.1 Å². The number of hydrogen-bond donors (Lipinski definition) is 2. The Hall–Kier alpha value is -2.63. The summed E-state index contributed by atoms with van der Waals surface area (Å²) in [5.74, 6) is -0.151. The first-order valence-electron chi connectivity index (χ1n) is 8.31. The Morgan fingerprint density at radius 3 is 2.64 bits per heavy atom. The fourth-order valence-corrected chi connectivity index (χ4v) is 2.90. The van der Waals surface area contributed by atoms with Gasteiger partial charge in [-0.2, -0.15) is 0 Å². The summed E-state index contributed by atoms with van der Waals surface area (Å²) in [7, 11) is 1.65. The first-order chi connectivity index (χ1) is 12.2. The lowest BCUT2D eigenvalue weighted by molar-refractivity contribution is 0.101. The van der Waals surface area contributed by atoms with E-state index in [1.165, 1.54) is 0 Å². The molecule has 0 saturated heterocycles. The van der Waals surface area contributed by atoms with E-state index in [2.05, 4.69) is 5.32 Å². The molecule has 0 aliphatic carbocycles. The summed E-state index contributed by atoms with van der Waals surface area (Å²) < 4.78 is 7.16. The van der Waals surface area contributed by atoms with Crippen LogP contribution in [0.2, 0.25) is 0 Å². The molecular formula is C20H22N2O3. The highest BCUT2D eigenvalue weighted by Gasteiger charge is 2.15. The van der Waals surface area contributed by atoms with E-state index in [4.69, 9.17) is 9.84 Å². The van der Waals surface area contributed by atoms with E-state index < -0.39 is 0 Å². The highest BCUT2D eigenvalue weighted by atomic mass is 16.5. The molecule has 1 heterocycles. The average Bonchev–Trinajstić information content (AvgIpc) is 3.00. The van der Waals surface area contributed by atoms with Crippen LogP contribution in [0.4, 0.5) is 5.69 Å². The Labute approximate surface area is 146 Å². The summed E-state index contributed by atoms with van der Waals surface area (Å²) in [6.07, 6.45) is 0.611. The molecule has 3 aromatic rings. The molecule has 0 saturated carbocycles. The Kier molecular flexibility index (Phi) is 5.48. The van der Waals surface area contributed by atoms with Gasteiger partial charge >= 0.3 is 0 Å². The maximum absolute atomic E-state index is 12.8. The molecule has 0 unspecified atom stereocenters. The minimum atomic E-state index is -0.151. The Balaban J connectivity index is 1.85. The van der Waals surface area contributed by atoms with E-state index in [0.717, 1.165) is 22.2 Å². The van der Waals surface area contributed by atoms with Crippen LogP contribution in [0, 0.1) is 0 Å². The smallest absolute Gasteiger partial charge is 0.272 e. The number of aliphatic hydroxyl groups excluding tert-OH is 1.